The first-order valence-electron chi connectivity index (χ1n) is 7.53. The number of amides is 1. The lowest BCUT2D eigenvalue weighted by Crippen LogP contribution is -2.23. The van der Waals surface area contributed by atoms with E-state index in [1.165, 1.54) is 0 Å². The first-order chi connectivity index (χ1) is 11.1. The number of hydrogen-bond donors (Lipinski definition) is 3. The Kier molecular flexibility index (Phi) is 5.74. The highest BCUT2D eigenvalue weighted by Crippen LogP contribution is 2.09. The Morgan fingerprint density at radius 1 is 1.17 bits per heavy atom. The molecule has 0 saturated heterocycles. The second-order valence-corrected chi connectivity index (χ2v) is 5.29. The molecule has 23 heavy (non-hydrogen) atoms. The van der Waals surface area contributed by atoms with Crippen molar-refractivity contribution < 1.29 is 4.79 Å². The number of anilines is 1. The molecule has 0 aromatic heterocycles. The van der Waals surface area contributed by atoms with Crippen molar-refractivity contribution in [2.24, 2.45) is 10.7 Å². The molecule has 0 aliphatic rings. The number of carbonyl (C=O) groups excluding carboxylic acids is 1. The number of benzene rings is 2. The van der Waals surface area contributed by atoms with Crippen LogP contribution in [0.4, 0.5) is 5.69 Å². The minimum atomic E-state index is -0.0871. The van der Waals surface area contributed by atoms with Crippen LogP contribution in [0.1, 0.15) is 21.5 Å². The first-order valence-corrected chi connectivity index (χ1v) is 7.53. The largest absolute Gasteiger partial charge is 0.370 e. The number of nitrogens with two attached hydrogens (primary N) is 1. The molecular formula is C18H22N4O. The van der Waals surface area contributed by atoms with Gasteiger partial charge in [-0.25, -0.2) is 0 Å². The van der Waals surface area contributed by atoms with Crippen LogP contribution in [0, 0.1) is 6.92 Å². The fraction of sp³-hybridized carbons (Fsp3) is 0.222. The number of aryl methyl sites for hydroxylation is 1. The third kappa shape index (κ3) is 5.14. The summed E-state index contributed by atoms with van der Waals surface area (Å²) in [6, 6.07) is 15.5. The Labute approximate surface area is 136 Å². The summed E-state index contributed by atoms with van der Waals surface area (Å²) in [7, 11) is 1.62. The lowest BCUT2D eigenvalue weighted by atomic mass is 10.1. The lowest BCUT2D eigenvalue weighted by Gasteiger charge is -2.07. The number of nitrogens with one attached hydrogen (secondary N) is 2. The van der Waals surface area contributed by atoms with Crippen molar-refractivity contribution in [3.8, 4) is 0 Å². The van der Waals surface area contributed by atoms with Gasteiger partial charge in [0.15, 0.2) is 5.96 Å². The average Bonchev–Trinajstić information content (AvgIpc) is 2.54. The van der Waals surface area contributed by atoms with Gasteiger partial charge in [0, 0.05) is 24.8 Å². The van der Waals surface area contributed by atoms with E-state index in [1.54, 1.807) is 13.1 Å². The van der Waals surface area contributed by atoms with Gasteiger partial charge in [0.25, 0.3) is 5.91 Å². The first kappa shape index (κ1) is 16.5. The predicted molar refractivity (Wildman–Crippen MR) is 94.8 cm³/mol. The molecule has 0 heterocycles. The number of aliphatic imine (C=N–C) groups is 1. The molecule has 4 N–H and O–H groups in total. The van der Waals surface area contributed by atoms with Gasteiger partial charge >= 0.3 is 0 Å². The second-order valence-electron chi connectivity index (χ2n) is 5.29. The van der Waals surface area contributed by atoms with Crippen LogP contribution in [0.15, 0.2) is 53.5 Å². The van der Waals surface area contributed by atoms with Crippen molar-refractivity contribution in [2.45, 2.75) is 13.3 Å². The molecule has 0 bridgehead atoms. The van der Waals surface area contributed by atoms with Gasteiger partial charge in [0.2, 0.25) is 0 Å². The summed E-state index contributed by atoms with van der Waals surface area (Å²) in [6.07, 6.45) is 0.723. The average molecular weight is 310 g/mol. The SMILES string of the molecule is CNC(=O)c1cccc(CCN=C(N)Nc2cccc(C)c2)c1. The minimum absolute atomic E-state index is 0.0871. The Balaban J connectivity index is 1.92. The number of nitrogens with zero attached hydrogens (tertiary/aromatic N) is 1. The summed E-state index contributed by atoms with van der Waals surface area (Å²) in [5.74, 6) is 0.300. The standard InChI is InChI=1S/C18H22N4O/c1-13-5-3-8-16(11-13)22-18(19)21-10-9-14-6-4-7-15(12-14)17(23)20-2/h3-8,11-12H,9-10H2,1-2H3,(H,20,23)(H3,19,21,22). The summed E-state index contributed by atoms with van der Waals surface area (Å²) in [4.78, 5) is 15.9. The van der Waals surface area contributed by atoms with E-state index in [2.05, 4.69) is 15.6 Å². The van der Waals surface area contributed by atoms with E-state index in [0.717, 1.165) is 23.2 Å². The van der Waals surface area contributed by atoms with Crippen LogP contribution in [-0.4, -0.2) is 25.5 Å². The van der Waals surface area contributed by atoms with Crippen LogP contribution in [0.2, 0.25) is 0 Å². The van der Waals surface area contributed by atoms with Gasteiger partial charge in [-0.3, -0.25) is 9.79 Å². The zero-order chi connectivity index (χ0) is 16.7. The summed E-state index contributed by atoms with van der Waals surface area (Å²) in [5, 5.41) is 5.69. The molecule has 5 nitrogen and oxygen atoms in total. The van der Waals surface area contributed by atoms with E-state index in [9.17, 15) is 4.79 Å². The van der Waals surface area contributed by atoms with Gasteiger partial charge in [-0.2, -0.15) is 0 Å². The summed E-state index contributed by atoms with van der Waals surface area (Å²) in [5.41, 5.74) is 9.69. The zero-order valence-electron chi connectivity index (χ0n) is 13.5. The van der Waals surface area contributed by atoms with Crippen LogP contribution in [-0.2, 0) is 6.42 Å². The third-order valence-corrected chi connectivity index (χ3v) is 3.39. The van der Waals surface area contributed by atoms with Gasteiger partial charge in [-0.15, -0.1) is 0 Å². The second kappa shape index (κ2) is 7.98. The zero-order valence-corrected chi connectivity index (χ0v) is 13.5. The van der Waals surface area contributed by atoms with Gasteiger partial charge in [-0.05, 0) is 48.7 Å². The Morgan fingerprint density at radius 2 is 1.96 bits per heavy atom. The quantitative estimate of drug-likeness (QED) is 0.586. The molecule has 0 aliphatic carbocycles. The molecule has 0 fully saturated rings. The molecule has 0 aliphatic heterocycles. The molecule has 0 saturated carbocycles. The highest BCUT2D eigenvalue weighted by atomic mass is 16.1. The molecule has 0 radical (unpaired) electrons. The molecule has 2 rings (SSSR count). The van der Waals surface area contributed by atoms with E-state index in [1.807, 2.05) is 49.4 Å². The molecule has 0 spiro atoms. The molecule has 1 amide bonds. The van der Waals surface area contributed by atoms with Crippen LogP contribution >= 0.6 is 0 Å². The summed E-state index contributed by atoms with van der Waals surface area (Å²) >= 11 is 0. The van der Waals surface area contributed by atoms with Crippen molar-refractivity contribution in [1.82, 2.24) is 5.32 Å². The molecule has 120 valence electrons. The fourth-order valence-corrected chi connectivity index (χ4v) is 2.23. The van der Waals surface area contributed by atoms with Gasteiger partial charge in [0.1, 0.15) is 0 Å². The maximum atomic E-state index is 11.6. The van der Waals surface area contributed by atoms with Crippen LogP contribution in [0.5, 0.6) is 0 Å². The van der Waals surface area contributed by atoms with Crippen molar-refractivity contribution in [2.75, 3.05) is 18.9 Å². The molecule has 0 atom stereocenters. The van der Waals surface area contributed by atoms with Crippen molar-refractivity contribution in [3.63, 3.8) is 0 Å². The topological polar surface area (TPSA) is 79.5 Å². The molecule has 0 unspecified atom stereocenters. The maximum absolute atomic E-state index is 11.6. The van der Waals surface area contributed by atoms with Crippen molar-refractivity contribution in [3.05, 3.63) is 65.2 Å². The van der Waals surface area contributed by atoms with Gasteiger partial charge in [-0.1, -0.05) is 24.3 Å². The fourth-order valence-electron chi connectivity index (χ4n) is 2.23. The van der Waals surface area contributed by atoms with E-state index in [-0.39, 0.29) is 5.91 Å². The molecular weight excluding hydrogens is 288 g/mol. The van der Waals surface area contributed by atoms with Gasteiger partial charge < -0.3 is 16.4 Å². The minimum Gasteiger partial charge on any atom is -0.370 e. The van der Waals surface area contributed by atoms with E-state index < -0.39 is 0 Å². The summed E-state index contributed by atoms with van der Waals surface area (Å²) < 4.78 is 0. The Hall–Kier alpha value is -2.82. The van der Waals surface area contributed by atoms with E-state index in [4.69, 9.17) is 5.73 Å². The monoisotopic (exact) mass is 310 g/mol. The normalized spacial score (nSPS) is 11.1. The summed E-state index contributed by atoms with van der Waals surface area (Å²) in [6.45, 7) is 2.58. The molecule has 2 aromatic carbocycles. The van der Waals surface area contributed by atoms with E-state index in [0.29, 0.717) is 18.1 Å². The van der Waals surface area contributed by atoms with Crippen molar-refractivity contribution in [1.29, 1.82) is 0 Å². The number of carbonyl (C=O) groups is 1. The molecule has 5 heteroatoms. The number of hydrogen-bond acceptors (Lipinski definition) is 2. The van der Waals surface area contributed by atoms with Crippen molar-refractivity contribution >= 4 is 17.6 Å². The van der Waals surface area contributed by atoms with E-state index >= 15 is 0 Å². The number of rotatable bonds is 5. The third-order valence-electron chi connectivity index (χ3n) is 3.39. The highest BCUT2D eigenvalue weighted by molar-refractivity contribution is 5.94. The Morgan fingerprint density at radius 3 is 2.70 bits per heavy atom. The molecule has 2 aromatic rings. The van der Waals surface area contributed by atoms with Gasteiger partial charge in [0.05, 0.1) is 0 Å². The van der Waals surface area contributed by atoms with Crippen LogP contribution in [0.3, 0.4) is 0 Å². The van der Waals surface area contributed by atoms with Crippen LogP contribution < -0.4 is 16.4 Å². The maximum Gasteiger partial charge on any atom is 0.251 e. The lowest BCUT2D eigenvalue weighted by molar-refractivity contribution is 0.0963. The highest BCUT2D eigenvalue weighted by Gasteiger charge is 2.03. The smallest absolute Gasteiger partial charge is 0.251 e. The number of guanidine groups is 1. The predicted octanol–water partition coefficient (Wildman–Crippen LogP) is 2.32. The Bertz CT molecular complexity index is 710. The van der Waals surface area contributed by atoms with Crippen LogP contribution in [0.25, 0.3) is 0 Å².